The zero-order chi connectivity index (χ0) is 23.8. The van der Waals surface area contributed by atoms with Crippen LogP contribution >= 0.6 is 0 Å². The van der Waals surface area contributed by atoms with E-state index in [1.54, 1.807) is 28.9 Å². The van der Waals surface area contributed by atoms with Crippen LogP contribution in [-0.4, -0.2) is 78.7 Å². The molecule has 1 saturated heterocycles. The molecule has 4 rings (SSSR count). The van der Waals surface area contributed by atoms with Gasteiger partial charge in [-0.25, -0.2) is 16.8 Å². The van der Waals surface area contributed by atoms with Gasteiger partial charge in [-0.3, -0.25) is 4.90 Å². The minimum absolute atomic E-state index is 0.224. The molecule has 33 heavy (non-hydrogen) atoms. The van der Waals surface area contributed by atoms with Crippen LogP contribution in [-0.2, 0) is 26.4 Å². The second-order valence-corrected chi connectivity index (χ2v) is 12.2. The molecule has 176 valence electrons. The van der Waals surface area contributed by atoms with E-state index in [2.05, 4.69) is 20.4 Å². The lowest BCUT2D eigenvalue weighted by Crippen LogP contribution is -2.48. The maximum absolute atomic E-state index is 13.0. The van der Waals surface area contributed by atoms with Gasteiger partial charge in [-0.05, 0) is 71.8 Å². The highest BCUT2D eigenvalue weighted by Crippen LogP contribution is 2.21. The van der Waals surface area contributed by atoms with E-state index in [1.807, 2.05) is 19.9 Å². The van der Waals surface area contributed by atoms with Crippen LogP contribution in [0.15, 0.2) is 52.3 Å². The Bertz CT molecular complexity index is 1360. The summed E-state index contributed by atoms with van der Waals surface area (Å²) in [7, 11) is -6.83. The molecular formula is C21H26N6O4S2. The molecule has 0 unspecified atom stereocenters. The van der Waals surface area contributed by atoms with Gasteiger partial charge in [0.05, 0.1) is 22.0 Å². The Kier molecular flexibility index (Phi) is 6.36. The van der Waals surface area contributed by atoms with Gasteiger partial charge in [0.2, 0.25) is 10.0 Å². The molecular weight excluding hydrogens is 464 g/mol. The molecule has 0 spiro atoms. The van der Waals surface area contributed by atoms with Gasteiger partial charge in [0, 0.05) is 32.4 Å². The van der Waals surface area contributed by atoms with Gasteiger partial charge in [0.15, 0.2) is 15.7 Å². The van der Waals surface area contributed by atoms with E-state index in [-0.39, 0.29) is 4.90 Å². The van der Waals surface area contributed by atoms with E-state index in [4.69, 9.17) is 0 Å². The summed E-state index contributed by atoms with van der Waals surface area (Å²) in [4.78, 5) is 2.64. The monoisotopic (exact) mass is 490 g/mol. The van der Waals surface area contributed by atoms with E-state index in [1.165, 1.54) is 16.4 Å². The minimum Gasteiger partial charge on any atom is -0.293 e. The van der Waals surface area contributed by atoms with Crippen LogP contribution in [0.25, 0.3) is 5.69 Å². The summed E-state index contributed by atoms with van der Waals surface area (Å²) in [6, 6.07) is 11.6. The summed E-state index contributed by atoms with van der Waals surface area (Å²) in [6.07, 6.45) is 1.16. The van der Waals surface area contributed by atoms with Gasteiger partial charge in [0.25, 0.3) is 0 Å². The maximum atomic E-state index is 13.0. The molecule has 0 atom stereocenters. The smallest absolute Gasteiger partial charge is 0.243 e. The number of benzene rings is 2. The summed E-state index contributed by atoms with van der Waals surface area (Å²) in [5.74, 6) is 0.590. The lowest BCUT2D eigenvalue weighted by molar-refractivity contribution is 0.177. The van der Waals surface area contributed by atoms with Crippen molar-refractivity contribution in [1.82, 2.24) is 29.4 Å². The molecule has 0 amide bonds. The van der Waals surface area contributed by atoms with E-state index in [0.29, 0.717) is 49.1 Å². The predicted molar refractivity (Wildman–Crippen MR) is 122 cm³/mol. The molecule has 1 aliphatic heterocycles. The Morgan fingerprint density at radius 3 is 2.09 bits per heavy atom. The number of hydrogen-bond donors (Lipinski definition) is 0. The molecule has 2 heterocycles. The lowest BCUT2D eigenvalue weighted by atomic mass is 10.1. The number of tetrazole rings is 1. The number of rotatable bonds is 6. The van der Waals surface area contributed by atoms with Crippen LogP contribution in [0.3, 0.4) is 0 Å². The second kappa shape index (κ2) is 8.93. The minimum atomic E-state index is -3.54. The number of sulfone groups is 1. The third-order valence-electron chi connectivity index (χ3n) is 5.86. The van der Waals surface area contributed by atoms with Crippen molar-refractivity contribution in [1.29, 1.82) is 0 Å². The molecule has 12 heteroatoms. The Hall–Kier alpha value is -2.67. The third kappa shape index (κ3) is 4.98. The van der Waals surface area contributed by atoms with Crippen molar-refractivity contribution in [3.8, 4) is 5.69 Å². The number of hydrogen-bond acceptors (Lipinski definition) is 8. The van der Waals surface area contributed by atoms with E-state index < -0.39 is 19.9 Å². The van der Waals surface area contributed by atoms with Crippen molar-refractivity contribution in [2.24, 2.45) is 0 Å². The molecule has 3 aromatic rings. The van der Waals surface area contributed by atoms with Gasteiger partial charge in [-0.15, -0.1) is 5.10 Å². The fraction of sp³-hybridized carbons (Fsp3) is 0.381. The highest BCUT2D eigenvalue weighted by atomic mass is 32.2. The SMILES string of the molecule is Cc1ccc(S(=O)(=O)N2CCN(Cc3nnnn3-c3ccc(S(C)(=O)=O)cc3)CC2)cc1C. The predicted octanol–water partition coefficient (Wildman–Crippen LogP) is 1.19. The van der Waals surface area contributed by atoms with Crippen molar-refractivity contribution in [3.05, 3.63) is 59.4 Å². The molecule has 0 saturated carbocycles. The lowest BCUT2D eigenvalue weighted by Gasteiger charge is -2.33. The zero-order valence-corrected chi connectivity index (χ0v) is 20.3. The van der Waals surface area contributed by atoms with Crippen molar-refractivity contribution in [2.45, 2.75) is 30.2 Å². The number of nitrogens with zero attached hydrogens (tertiary/aromatic N) is 6. The van der Waals surface area contributed by atoms with Crippen molar-refractivity contribution in [3.63, 3.8) is 0 Å². The molecule has 0 bridgehead atoms. The van der Waals surface area contributed by atoms with E-state index in [9.17, 15) is 16.8 Å². The number of sulfonamides is 1. The summed E-state index contributed by atoms with van der Waals surface area (Å²) < 4.78 is 52.5. The Morgan fingerprint density at radius 2 is 1.48 bits per heavy atom. The first-order valence-electron chi connectivity index (χ1n) is 10.4. The fourth-order valence-corrected chi connectivity index (χ4v) is 5.83. The second-order valence-electron chi connectivity index (χ2n) is 8.20. The molecule has 0 N–H and O–H groups in total. The van der Waals surface area contributed by atoms with E-state index in [0.717, 1.165) is 17.4 Å². The average Bonchev–Trinajstić information content (AvgIpc) is 3.23. The first-order valence-corrected chi connectivity index (χ1v) is 13.8. The Morgan fingerprint density at radius 1 is 0.848 bits per heavy atom. The van der Waals surface area contributed by atoms with Crippen molar-refractivity contribution in [2.75, 3.05) is 32.4 Å². The topological polar surface area (TPSA) is 118 Å². The van der Waals surface area contributed by atoms with Crippen LogP contribution in [0.1, 0.15) is 17.0 Å². The summed E-state index contributed by atoms with van der Waals surface area (Å²) in [6.45, 7) is 6.15. The van der Waals surface area contributed by atoms with Gasteiger partial charge >= 0.3 is 0 Å². The summed E-state index contributed by atoms with van der Waals surface area (Å²) in [5, 5.41) is 11.9. The molecule has 0 aliphatic carbocycles. The highest BCUT2D eigenvalue weighted by molar-refractivity contribution is 7.90. The van der Waals surface area contributed by atoms with Crippen LogP contribution in [0, 0.1) is 13.8 Å². The van der Waals surface area contributed by atoms with Crippen molar-refractivity contribution >= 4 is 19.9 Å². The standard InChI is InChI=1S/C21H26N6O4S2/c1-16-4-7-20(14-17(16)2)33(30,31)26-12-10-25(11-13-26)15-21-22-23-24-27(21)18-5-8-19(9-6-18)32(3,28)29/h4-9,14H,10-13,15H2,1-3H3. The molecule has 1 aliphatic rings. The third-order valence-corrected chi connectivity index (χ3v) is 8.88. The summed E-state index contributed by atoms with van der Waals surface area (Å²) in [5.41, 5.74) is 2.66. The fourth-order valence-electron chi connectivity index (χ4n) is 3.69. The molecule has 10 nitrogen and oxygen atoms in total. The Balaban J connectivity index is 1.43. The van der Waals surface area contributed by atoms with Gasteiger partial charge in [-0.2, -0.15) is 8.99 Å². The van der Waals surface area contributed by atoms with E-state index >= 15 is 0 Å². The van der Waals surface area contributed by atoms with Gasteiger partial charge < -0.3 is 0 Å². The van der Waals surface area contributed by atoms with Crippen LogP contribution < -0.4 is 0 Å². The largest absolute Gasteiger partial charge is 0.293 e. The van der Waals surface area contributed by atoms with Crippen molar-refractivity contribution < 1.29 is 16.8 Å². The van der Waals surface area contributed by atoms with Crippen LogP contribution in [0.2, 0.25) is 0 Å². The Labute approximate surface area is 193 Å². The molecule has 2 aromatic carbocycles. The number of piperazine rings is 1. The highest BCUT2D eigenvalue weighted by Gasteiger charge is 2.29. The first kappa shape index (κ1) is 23.5. The van der Waals surface area contributed by atoms with Crippen LogP contribution in [0.4, 0.5) is 0 Å². The number of aryl methyl sites for hydroxylation is 2. The van der Waals surface area contributed by atoms with Crippen LogP contribution in [0.5, 0.6) is 0 Å². The van der Waals surface area contributed by atoms with Gasteiger partial charge in [-0.1, -0.05) is 6.07 Å². The molecule has 1 fully saturated rings. The van der Waals surface area contributed by atoms with Gasteiger partial charge in [0.1, 0.15) is 0 Å². The molecule has 0 radical (unpaired) electrons. The maximum Gasteiger partial charge on any atom is 0.243 e. The normalized spacial score (nSPS) is 16.2. The number of aromatic nitrogens is 4. The summed E-state index contributed by atoms with van der Waals surface area (Å²) >= 11 is 0. The zero-order valence-electron chi connectivity index (χ0n) is 18.7. The average molecular weight is 491 g/mol. The quantitative estimate of drug-likeness (QED) is 0.506. The first-order chi connectivity index (χ1) is 15.6. The molecule has 1 aromatic heterocycles.